The Labute approximate surface area is 147 Å². The summed E-state index contributed by atoms with van der Waals surface area (Å²) in [5.74, 6) is 1.11. The summed E-state index contributed by atoms with van der Waals surface area (Å²) in [4.78, 5) is 31.0. The van der Waals surface area contributed by atoms with Crippen LogP contribution in [0.1, 0.15) is 41.7 Å². The number of aromatic nitrogens is 3. The van der Waals surface area contributed by atoms with Crippen LogP contribution in [0.5, 0.6) is 0 Å². The highest BCUT2D eigenvalue weighted by atomic mass is 16.5. The van der Waals surface area contributed by atoms with Crippen molar-refractivity contribution in [1.82, 2.24) is 19.6 Å². The lowest BCUT2D eigenvalue weighted by Gasteiger charge is -2.19. The first-order valence-corrected chi connectivity index (χ1v) is 8.38. The molecular weight excluding hydrogens is 322 g/mol. The molecule has 136 valence electrons. The number of anilines is 1. The Morgan fingerprint density at radius 2 is 2.12 bits per heavy atom. The summed E-state index contributed by atoms with van der Waals surface area (Å²) >= 11 is 0. The van der Waals surface area contributed by atoms with Crippen molar-refractivity contribution >= 4 is 18.1 Å². The van der Waals surface area contributed by atoms with Crippen LogP contribution in [0, 0.1) is 6.92 Å². The van der Waals surface area contributed by atoms with Gasteiger partial charge in [0.25, 0.3) is 5.91 Å². The number of hydrogen-bond donors (Lipinski definition) is 0. The van der Waals surface area contributed by atoms with E-state index in [-0.39, 0.29) is 5.91 Å². The minimum atomic E-state index is -0.140. The first kappa shape index (κ1) is 18.7. The van der Waals surface area contributed by atoms with Gasteiger partial charge in [-0.25, -0.2) is 4.98 Å². The predicted octanol–water partition coefficient (Wildman–Crippen LogP) is 1.89. The van der Waals surface area contributed by atoms with Crippen molar-refractivity contribution < 1.29 is 14.1 Å². The van der Waals surface area contributed by atoms with E-state index in [9.17, 15) is 9.59 Å². The summed E-state index contributed by atoms with van der Waals surface area (Å²) in [6, 6.07) is 1.93. The average molecular weight is 347 g/mol. The van der Waals surface area contributed by atoms with E-state index in [2.05, 4.69) is 10.1 Å². The monoisotopic (exact) mass is 347 g/mol. The van der Waals surface area contributed by atoms with Crippen molar-refractivity contribution in [1.29, 1.82) is 0 Å². The molecule has 0 spiro atoms. The molecule has 8 heteroatoms. The summed E-state index contributed by atoms with van der Waals surface area (Å²) in [5.41, 5.74) is 1.31. The molecule has 2 aromatic heterocycles. The topological polar surface area (TPSA) is 84.5 Å². The molecule has 0 saturated carbocycles. The summed E-state index contributed by atoms with van der Waals surface area (Å²) in [7, 11) is 3.35. The molecule has 2 heterocycles. The molecule has 2 rings (SSSR count). The summed E-state index contributed by atoms with van der Waals surface area (Å²) in [6.07, 6.45) is 4.79. The fourth-order valence-electron chi connectivity index (χ4n) is 2.60. The lowest BCUT2D eigenvalue weighted by molar-refractivity contribution is -0.107. The Balaban J connectivity index is 1.95. The number of unbranched alkanes of at least 4 members (excludes halogenated alkanes) is 1. The fourth-order valence-corrected chi connectivity index (χ4v) is 2.60. The minimum absolute atomic E-state index is 0.140. The number of rotatable bonds is 9. The number of carbonyl (C=O) groups excluding carboxylic acids is 2. The van der Waals surface area contributed by atoms with Crippen molar-refractivity contribution in [3.63, 3.8) is 0 Å². The summed E-state index contributed by atoms with van der Waals surface area (Å²) in [5, 5.41) is 3.86. The van der Waals surface area contributed by atoms with E-state index >= 15 is 0 Å². The Kier molecular flexibility index (Phi) is 6.32. The fraction of sp³-hybridized carbons (Fsp3) is 0.529. The summed E-state index contributed by atoms with van der Waals surface area (Å²) < 4.78 is 6.94. The largest absolute Gasteiger partial charge is 0.361 e. The maximum Gasteiger partial charge on any atom is 0.274 e. The van der Waals surface area contributed by atoms with Crippen LogP contribution in [0.3, 0.4) is 0 Å². The van der Waals surface area contributed by atoms with E-state index in [1.807, 2.05) is 19.9 Å². The predicted molar refractivity (Wildman–Crippen MR) is 93.5 cm³/mol. The van der Waals surface area contributed by atoms with E-state index < -0.39 is 0 Å². The maximum atomic E-state index is 12.8. The van der Waals surface area contributed by atoms with Gasteiger partial charge in [0, 0.05) is 39.7 Å². The third-order valence-corrected chi connectivity index (χ3v) is 4.04. The van der Waals surface area contributed by atoms with Gasteiger partial charge in [0.1, 0.15) is 5.76 Å². The van der Waals surface area contributed by atoms with Crippen LogP contribution in [-0.4, -0.2) is 52.6 Å². The second kappa shape index (κ2) is 8.46. The molecule has 0 bridgehead atoms. The number of carbonyl (C=O) groups is 2. The van der Waals surface area contributed by atoms with E-state index in [0.717, 1.165) is 30.7 Å². The first-order valence-electron chi connectivity index (χ1n) is 8.38. The van der Waals surface area contributed by atoms with E-state index in [0.29, 0.717) is 31.0 Å². The van der Waals surface area contributed by atoms with E-state index in [1.54, 1.807) is 29.9 Å². The lowest BCUT2D eigenvalue weighted by atomic mass is 10.2. The average Bonchev–Trinajstić information content (AvgIpc) is 3.22. The highest BCUT2D eigenvalue weighted by molar-refractivity contribution is 5.99. The molecule has 0 saturated heterocycles. The number of nitrogens with zero attached hydrogens (tertiary/aromatic N) is 5. The second-order valence-electron chi connectivity index (χ2n) is 6.04. The molecule has 0 aliphatic heterocycles. The molecule has 2 amide bonds. The molecule has 0 aliphatic rings. The van der Waals surface area contributed by atoms with Crippen LogP contribution < -0.4 is 4.90 Å². The molecule has 0 unspecified atom stereocenters. The van der Waals surface area contributed by atoms with Crippen molar-refractivity contribution in [3.05, 3.63) is 29.5 Å². The van der Waals surface area contributed by atoms with Gasteiger partial charge in [0.15, 0.2) is 11.5 Å². The quantitative estimate of drug-likeness (QED) is 0.511. The van der Waals surface area contributed by atoms with Gasteiger partial charge in [-0.1, -0.05) is 5.16 Å². The molecule has 0 N–H and O–H groups in total. The van der Waals surface area contributed by atoms with E-state index in [4.69, 9.17) is 4.52 Å². The van der Waals surface area contributed by atoms with Crippen molar-refractivity contribution in [3.8, 4) is 0 Å². The van der Waals surface area contributed by atoms with Crippen molar-refractivity contribution in [2.75, 3.05) is 25.5 Å². The molecule has 0 atom stereocenters. The molecule has 0 fully saturated rings. The molecule has 0 aliphatic carbocycles. The number of hydrogen-bond acceptors (Lipinski definition) is 5. The molecule has 0 aromatic carbocycles. The number of aryl methyl sites for hydroxylation is 3. The van der Waals surface area contributed by atoms with Gasteiger partial charge in [-0.05, 0) is 26.7 Å². The molecule has 2 aromatic rings. The van der Waals surface area contributed by atoms with Crippen molar-refractivity contribution in [2.45, 2.75) is 39.7 Å². The molecule has 8 nitrogen and oxygen atoms in total. The molecular formula is C17H25N5O3. The number of amides is 2. The van der Waals surface area contributed by atoms with Crippen LogP contribution in [0.2, 0.25) is 0 Å². The second-order valence-corrected chi connectivity index (χ2v) is 6.04. The van der Waals surface area contributed by atoms with Gasteiger partial charge >= 0.3 is 0 Å². The van der Waals surface area contributed by atoms with Crippen LogP contribution in [-0.2, 0) is 17.8 Å². The zero-order chi connectivity index (χ0) is 18.4. The Hall–Kier alpha value is -2.64. The Bertz CT molecular complexity index is 722. The lowest BCUT2D eigenvalue weighted by Crippen LogP contribution is -2.31. The van der Waals surface area contributed by atoms with Gasteiger partial charge in [-0.3, -0.25) is 9.59 Å². The van der Waals surface area contributed by atoms with Gasteiger partial charge in [0.05, 0.1) is 12.0 Å². The van der Waals surface area contributed by atoms with Crippen LogP contribution in [0.25, 0.3) is 0 Å². The van der Waals surface area contributed by atoms with Crippen LogP contribution in [0.15, 0.2) is 16.9 Å². The third kappa shape index (κ3) is 4.46. The highest BCUT2D eigenvalue weighted by Crippen LogP contribution is 2.19. The smallest absolute Gasteiger partial charge is 0.274 e. The van der Waals surface area contributed by atoms with Crippen LogP contribution in [0.4, 0.5) is 5.82 Å². The Morgan fingerprint density at radius 3 is 2.72 bits per heavy atom. The normalized spacial score (nSPS) is 10.7. The Morgan fingerprint density at radius 1 is 1.36 bits per heavy atom. The molecule has 0 radical (unpaired) electrons. The minimum Gasteiger partial charge on any atom is -0.361 e. The van der Waals surface area contributed by atoms with Gasteiger partial charge < -0.3 is 18.9 Å². The standard InChI is InChI=1S/C17H25N5O3/c1-5-22-11-18-16(21(4)12-23)15(22)17(24)20(3)9-7-6-8-14-10-13(2)19-25-14/h10-12H,5-9H2,1-4H3. The van der Waals surface area contributed by atoms with Gasteiger partial charge in [-0.15, -0.1) is 0 Å². The first-order chi connectivity index (χ1) is 12.0. The molecule has 25 heavy (non-hydrogen) atoms. The summed E-state index contributed by atoms with van der Waals surface area (Å²) in [6.45, 7) is 5.05. The zero-order valence-corrected chi connectivity index (χ0v) is 15.2. The van der Waals surface area contributed by atoms with Crippen LogP contribution >= 0.6 is 0 Å². The number of imidazole rings is 1. The van der Waals surface area contributed by atoms with E-state index in [1.165, 1.54) is 4.90 Å². The highest BCUT2D eigenvalue weighted by Gasteiger charge is 2.23. The van der Waals surface area contributed by atoms with Crippen molar-refractivity contribution in [2.24, 2.45) is 0 Å². The van der Waals surface area contributed by atoms with Gasteiger partial charge in [0.2, 0.25) is 6.41 Å². The zero-order valence-electron chi connectivity index (χ0n) is 15.2. The maximum absolute atomic E-state index is 12.8. The SMILES string of the molecule is CCn1cnc(N(C)C=O)c1C(=O)N(C)CCCCc1cc(C)no1. The van der Waals surface area contributed by atoms with Gasteiger partial charge in [-0.2, -0.15) is 0 Å². The third-order valence-electron chi connectivity index (χ3n) is 4.04.